The number of nitrogens with zero attached hydrogens (tertiary/aromatic N) is 4. The van der Waals surface area contributed by atoms with Crippen LogP contribution < -0.4 is 0 Å². The maximum absolute atomic E-state index is 11.0. The second-order valence-electron chi connectivity index (χ2n) is 3.96. The number of non-ortho nitro benzene ring substituents is 1. The third-order valence-electron chi connectivity index (χ3n) is 2.65. The summed E-state index contributed by atoms with van der Waals surface area (Å²) in [5.41, 5.74) is 0.686. The monoisotopic (exact) mass is 276 g/mol. The fourth-order valence-corrected chi connectivity index (χ4v) is 1.57. The minimum absolute atomic E-state index is 0.0128. The van der Waals surface area contributed by atoms with Crippen molar-refractivity contribution < 1.29 is 14.5 Å². The zero-order chi connectivity index (χ0) is 14.5. The summed E-state index contributed by atoms with van der Waals surface area (Å²) in [6.45, 7) is 0.368. The van der Waals surface area contributed by atoms with Gasteiger partial charge in [-0.1, -0.05) is 0 Å². The lowest BCUT2D eigenvalue weighted by Gasteiger charge is -1.99. The molecule has 0 fully saturated rings. The number of benzene rings is 1. The fraction of sp³-hybridized carbons (Fsp3) is 0.250. The smallest absolute Gasteiger partial charge is 0.307 e. The molecule has 0 amide bonds. The molecule has 0 unspecified atom stereocenters. The van der Waals surface area contributed by atoms with E-state index in [2.05, 4.69) is 14.8 Å². The molecule has 0 aliphatic carbocycles. The van der Waals surface area contributed by atoms with Crippen molar-refractivity contribution in [2.24, 2.45) is 0 Å². The van der Waals surface area contributed by atoms with E-state index in [0.29, 0.717) is 17.9 Å². The van der Waals surface area contributed by atoms with E-state index in [1.807, 2.05) is 0 Å². The average Bonchev–Trinajstić information content (AvgIpc) is 2.93. The van der Waals surface area contributed by atoms with Gasteiger partial charge in [-0.2, -0.15) is 5.10 Å². The highest BCUT2D eigenvalue weighted by Crippen LogP contribution is 2.18. The van der Waals surface area contributed by atoms with Crippen molar-refractivity contribution in [2.75, 3.05) is 7.11 Å². The number of nitro benzene ring substituents is 1. The topological polar surface area (TPSA) is 100 Å². The number of aromatic nitrogens is 3. The van der Waals surface area contributed by atoms with Gasteiger partial charge in [0.25, 0.3) is 5.69 Å². The summed E-state index contributed by atoms with van der Waals surface area (Å²) in [7, 11) is 1.33. The van der Waals surface area contributed by atoms with Gasteiger partial charge in [-0.05, 0) is 12.1 Å². The number of carbonyl (C=O) groups excluding carboxylic acids is 1. The SMILES string of the molecule is COC(=O)CCn1cnc(-c2ccc([N+](=O)[O-])cc2)n1. The summed E-state index contributed by atoms with van der Waals surface area (Å²) in [5, 5.41) is 14.7. The van der Waals surface area contributed by atoms with E-state index in [9.17, 15) is 14.9 Å². The Hall–Kier alpha value is -2.77. The summed E-state index contributed by atoms with van der Waals surface area (Å²) in [6, 6.07) is 5.95. The summed E-state index contributed by atoms with van der Waals surface area (Å²) < 4.78 is 6.06. The highest BCUT2D eigenvalue weighted by Gasteiger charge is 2.09. The molecule has 0 spiro atoms. The lowest BCUT2D eigenvalue weighted by atomic mass is 10.2. The van der Waals surface area contributed by atoms with Crippen LogP contribution in [0.4, 0.5) is 5.69 Å². The summed E-state index contributed by atoms with van der Waals surface area (Å²) in [5.74, 6) is 0.127. The first kappa shape index (κ1) is 13.7. The molecule has 0 saturated heterocycles. The maximum Gasteiger partial charge on any atom is 0.307 e. The van der Waals surface area contributed by atoms with E-state index in [1.54, 1.807) is 12.1 Å². The molecule has 0 bridgehead atoms. The molecule has 1 aromatic carbocycles. The van der Waals surface area contributed by atoms with Gasteiger partial charge >= 0.3 is 5.97 Å². The predicted molar refractivity (Wildman–Crippen MR) is 68.7 cm³/mol. The molecular formula is C12H12N4O4. The van der Waals surface area contributed by atoms with Crippen molar-refractivity contribution >= 4 is 11.7 Å². The lowest BCUT2D eigenvalue weighted by molar-refractivity contribution is -0.384. The standard InChI is InChI=1S/C12H12N4O4/c1-20-11(17)6-7-15-8-13-12(14-15)9-2-4-10(5-3-9)16(18)19/h2-5,8H,6-7H2,1H3. The Kier molecular flexibility index (Phi) is 4.04. The Balaban J connectivity index is 2.08. The van der Waals surface area contributed by atoms with Gasteiger partial charge in [-0.3, -0.25) is 19.6 Å². The van der Waals surface area contributed by atoms with Crippen LogP contribution in [0.15, 0.2) is 30.6 Å². The van der Waals surface area contributed by atoms with Gasteiger partial charge in [-0.25, -0.2) is 4.98 Å². The number of aryl methyl sites for hydroxylation is 1. The maximum atomic E-state index is 11.0. The third kappa shape index (κ3) is 3.16. The van der Waals surface area contributed by atoms with Crippen LogP contribution in [0.2, 0.25) is 0 Å². The molecular weight excluding hydrogens is 264 g/mol. The van der Waals surface area contributed by atoms with E-state index in [4.69, 9.17) is 0 Å². The van der Waals surface area contributed by atoms with E-state index in [1.165, 1.54) is 30.3 Å². The van der Waals surface area contributed by atoms with E-state index >= 15 is 0 Å². The molecule has 0 atom stereocenters. The first-order chi connectivity index (χ1) is 9.60. The van der Waals surface area contributed by atoms with E-state index in [0.717, 1.165) is 0 Å². The highest BCUT2D eigenvalue weighted by atomic mass is 16.6. The van der Waals surface area contributed by atoms with E-state index < -0.39 is 4.92 Å². The number of hydrogen-bond acceptors (Lipinski definition) is 6. The van der Waals surface area contributed by atoms with Crippen LogP contribution in [0, 0.1) is 10.1 Å². The minimum atomic E-state index is -0.466. The molecule has 1 aromatic heterocycles. The first-order valence-corrected chi connectivity index (χ1v) is 5.81. The van der Waals surface area contributed by atoms with Crippen molar-refractivity contribution in [1.29, 1.82) is 0 Å². The fourth-order valence-electron chi connectivity index (χ4n) is 1.57. The molecule has 0 aliphatic heterocycles. The minimum Gasteiger partial charge on any atom is -0.469 e. The summed E-state index contributed by atoms with van der Waals surface area (Å²) in [6.07, 6.45) is 1.71. The molecule has 2 aromatic rings. The normalized spacial score (nSPS) is 10.2. The molecule has 20 heavy (non-hydrogen) atoms. The number of hydrogen-bond donors (Lipinski definition) is 0. The zero-order valence-corrected chi connectivity index (χ0v) is 10.7. The first-order valence-electron chi connectivity index (χ1n) is 5.81. The number of methoxy groups -OCH3 is 1. The van der Waals surface area contributed by atoms with Crippen LogP contribution >= 0.6 is 0 Å². The highest BCUT2D eigenvalue weighted by molar-refractivity contribution is 5.69. The third-order valence-corrected chi connectivity index (χ3v) is 2.65. The van der Waals surface area contributed by atoms with Crippen molar-refractivity contribution in [3.63, 3.8) is 0 Å². The Bertz CT molecular complexity index is 621. The number of nitro groups is 1. The lowest BCUT2D eigenvalue weighted by Crippen LogP contribution is -2.07. The van der Waals surface area contributed by atoms with Gasteiger partial charge in [0.2, 0.25) is 0 Å². The van der Waals surface area contributed by atoms with Crippen LogP contribution in [0.3, 0.4) is 0 Å². The summed E-state index contributed by atoms with van der Waals surface area (Å²) in [4.78, 5) is 25.2. The average molecular weight is 276 g/mol. The van der Waals surface area contributed by atoms with Crippen molar-refractivity contribution in [3.05, 3.63) is 40.7 Å². The molecule has 0 N–H and O–H groups in total. The number of carbonyl (C=O) groups is 1. The van der Waals surface area contributed by atoms with Gasteiger partial charge in [0.05, 0.1) is 25.0 Å². The Labute approximate surface area is 114 Å². The Morgan fingerprint density at radius 2 is 2.10 bits per heavy atom. The van der Waals surface area contributed by atoms with Gasteiger partial charge in [-0.15, -0.1) is 0 Å². The molecule has 0 radical (unpaired) electrons. The quantitative estimate of drug-likeness (QED) is 0.465. The molecule has 8 heteroatoms. The van der Waals surface area contributed by atoms with Crippen molar-refractivity contribution in [3.8, 4) is 11.4 Å². The van der Waals surface area contributed by atoms with Crippen LogP contribution in [0.5, 0.6) is 0 Å². The Morgan fingerprint density at radius 1 is 1.40 bits per heavy atom. The molecule has 0 aliphatic rings. The van der Waals surface area contributed by atoms with Gasteiger partial charge in [0.1, 0.15) is 6.33 Å². The van der Waals surface area contributed by atoms with Crippen LogP contribution in [0.1, 0.15) is 6.42 Å². The van der Waals surface area contributed by atoms with Crippen LogP contribution in [-0.4, -0.2) is 32.8 Å². The van der Waals surface area contributed by atoms with Gasteiger partial charge in [0, 0.05) is 17.7 Å². The Morgan fingerprint density at radius 3 is 2.70 bits per heavy atom. The predicted octanol–water partition coefficient (Wildman–Crippen LogP) is 1.42. The van der Waals surface area contributed by atoms with Gasteiger partial charge < -0.3 is 4.74 Å². The van der Waals surface area contributed by atoms with Crippen LogP contribution in [-0.2, 0) is 16.1 Å². The largest absolute Gasteiger partial charge is 0.469 e. The van der Waals surface area contributed by atoms with E-state index in [-0.39, 0.29) is 18.1 Å². The number of ether oxygens (including phenoxy) is 1. The van der Waals surface area contributed by atoms with Crippen molar-refractivity contribution in [2.45, 2.75) is 13.0 Å². The van der Waals surface area contributed by atoms with Crippen molar-refractivity contribution in [1.82, 2.24) is 14.8 Å². The molecule has 2 rings (SSSR count). The van der Waals surface area contributed by atoms with Gasteiger partial charge in [0.15, 0.2) is 5.82 Å². The second-order valence-corrected chi connectivity index (χ2v) is 3.96. The molecule has 1 heterocycles. The summed E-state index contributed by atoms with van der Waals surface area (Å²) >= 11 is 0. The molecule has 0 saturated carbocycles. The molecule has 104 valence electrons. The number of rotatable bonds is 5. The van der Waals surface area contributed by atoms with Crippen LogP contribution in [0.25, 0.3) is 11.4 Å². The second kappa shape index (κ2) is 5.91. The molecule has 8 nitrogen and oxygen atoms in total. The zero-order valence-electron chi connectivity index (χ0n) is 10.7. The number of esters is 1.